The summed E-state index contributed by atoms with van der Waals surface area (Å²) in [6, 6.07) is 17.0. The van der Waals surface area contributed by atoms with E-state index < -0.39 is 11.9 Å². The molecule has 1 aromatic heterocycles. The summed E-state index contributed by atoms with van der Waals surface area (Å²) >= 11 is 3.43. The smallest absolute Gasteiger partial charge is 0.295 e. The van der Waals surface area contributed by atoms with Gasteiger partial charge in [-0.2, -0.15) is 0 Å². The maximum Gasteiger partial charge on any atom is 0.295 e. The maximum atomic E-state index is 13.8. The van der Waals surface area contributed by atoms with Crippen molar-refractivity contribution < 1.29 is 23.4 Å². The lowest BCUT2D eigenvalue weighted by atomic mass is 9.97. The summed E-state index contributed by atoms with van der Waals surface area (Å²) in [6.45, 7) is 4.70. The van der Waals surface area contributed by atoms with Crippen LogP contribution in [0.1, 0.15) is 41.6 Å². The Labute approximate surface area is 216 Å². The third-order valence-electron chi connectivity index (χ3n) is 6.07. The third kappa shape index (κ3) is 4.01. The van der Waals surface area contributed by atoms with Gasteiger partial charge in [-0.3, -0.25) is 14.5 Å². The number of hydrogen-bond donors (Lipinski definition) is 0. The first-order chi connectivity index (χ1) is 17.5. The van der Waals surface area contributed by atoms with Gasteiger partial charge < -0.3 is 18.6 Å². The molecule has 1 unspecified atom stereocenters. The van der Waals surface area contributed by atoms with Gasteiger partial charge in [-0.25, -0.2) is 0 Å². The van der Waals surface area contributed by atoms with E-state index in [4.69, 9.17) is 18.6 Å². The number of hydrogen-bond acceptors (Lipinski definition) is 6. The first kappa shape index (κ1) is 23.9. The molecule has 4 aromatic rings. The highest BCUT2D eigenvalue weighted by molar-refractivity contribution is 9.10. The van der Waals surface area contributed by atoms with Crippen molar-refractivity contribution in [2.75, 3.05) is 25.2 Å². The van der Waals surface area contributed by atoms with E-state index in [1.807, 2.05) is 26.0 Å². The number of amides is 1. The fraction of sp³-hybridized carbons (Fsp3) is 0.214. The fourth-order valence-corrected chi connectivity index (χ4v) is 4.87. The van der Waals surface area contributed by atoms with Crippen LogP contribution in [0.25, 0.3) is 11.0 Å². The number of methoxy groups -OCH3 is 1. The minimum Gasteiger partial charge on any atom is -0.497 e. The third-order valence-corrected chi connectivity index (χ3v) is 6.56. The molecule has 0 saturated heterocycles. The molecule has 3 aromatic carbocycles. The lowest BCUT2D eigenvalue weighted by Gasteiger charge is -2.26. The van der Waals surface area contributed by atoms with Crippen molar-refractivity contribution in [3.63, 3.8) is 0 Å². The Morgan fingerprint density at radius 3 is 2.33 bits per heavy atom. The molecule has 1 amide bonds. The molecule has 184 valence electrons. The van der Waals surface area contributed by atoms with Crippen LogP contribution < -0.4 is 24.5 Å². The zero-order valence-electron chi connectivity index (χ0n) is 20.0. The van der Waals surface area contributed by atoms with E-state index in [-0.39, 0.29) is 16.8 Å². The van der Waals surface area contributed by atoms with Crippen LogP contribution in [0.3, 0.4) is 0 Å². The molecule has 1 aliphatic heterocycles. The Balaban J connectivity index is 1.76. The van der Waals surface area contributed by atoms with Gasteiger partial charge >= 0.3 is 0 Å². The first-order valence-electron chi connectivity index (χ1n) is 11.6. The summed E-state index contributed by atoms with van der Waals surface area (Å²) in [5.74, 6) is 1.43. The fourth-order valence-electron chi connectivity index (χ4n) is 4.51. The van der Waals surface area contributed by atoms with Gasteiger partial charge in [0.05, 0.1) is 37.3 Å². The summed E-state index contributed by atoms with van der Waals surface area (Å²) < 4.78 is 23.6. The van der Waals surface area contributed by atoms with Crippen molar-refractivity contribution in [3.8, 4) is 17.2 Å². The quantitative estimate of drug-likeness (QED) is 0.276. The average Bonchev–Trinajstić information content (AvgIpc) is 3.18. The number of ether oxygens (including phenoxy) is 3. The van der Waals surface area contributed by atoms with Crippen molar-refractivity contribution in [2.45, 2.75) is 19.9 Å². The van der Waals surface area contributed by atoms with E-state index in [0.29, 0.717) is 52.7 Å². The maximum absolute atomic E-state index is 13.8. The first-order valence-corrected chi connectivity index (χ1v) is 12.4. The zero-order valence-corrected chi connectivity index (χ0v) is 21.6. The summed E-state index contributed by atoms with van der Waals surface area (Å²) in [4.78, 5) is 29.2. The number of carbonyl (C=O) groups is 1. The van der Waals surface area contributed by atoms with Crippen LogP contribution >= 0.6 is 15.9 Å². The average molecular weight is 550 g/mol. The number of carbonyl (C=O) groups excluding carboxylic acids is 1. The van der Waals surface area contributed by atoms with Gasteiger partial charge in [0.1, 0.15) is 11.3 Å². The van der Waals surface area contributed by atoms with Crippen LogP contribution in [-0.2, 0) is 0 Å². The van der Waals surface area contributed by atoms with Crippen LogP contribution in [0.15, 0.2) is 74.3 Å². The minimum atomic E-state index is -0.726. The van der Waals surface area contributed by atoms with Crippen LogP contribution in [0.2, 0.25) is 0 Å². The van der Waals surface area contributed by atoms with Gasteiger partial charge in [-0.05, 0) is 74.0 Å². The second-order valence-electron chi connectivity index (χ2n) is 8.16. The molecule has 1 atom stereocenters. The molecule has 1 aliphatic rings. The minimum absolute atomic E-state index is 0.0301. The van der Waals surface area contributed by atoms with Crippen molar-refractivity contribution in [1.82, 2.24) is 0 Å². The molecule has 0 N–H and O–H groups in total. The van der Waals surface area contributed by atoms with Gasteiger partial charge in [0.15, 0.2) is 16.9 Å². The van der Waals surface area contributed by atoms with Crippen LogP contribution in [0.5, 0.6) is 17.2 Å². The molecule has 7 nitrogen and oxygen atoms in total. The summed E-state index contributed by atoms with van der Waals surface area (Å²) in [5.41, 5.74) is 1.69. The molecule has 2 heterocycles. The van der Waals surface area contributed by atoms with E-state index in [9.17, 15) is 9.59 Å². The topological polar surface area (TPSA) is 78.2 Å². The van der Waals surface area contributed by atoms with Crippen molar-refractivity contribution >= 4 is 38.5 Å². The predicted octanol–water partition coefficient (Wildman–Crippen LogP) is 6.11. The van der Waals surface area contributed by atoms with E-state index in [2.05, 4.69) is 15.9 Å². The summed E-state index contributed by atoms with van der Waals surface area (Å²) in [7, 11) is 1.58. The molecule has 0 saturated carbocycles. The second-order valence-corrected chi connectivity index (χ2v) is 9.08. The Hall–Kier alpha value is -3.78. The Kier molecular flexibility index (Phi) is 6.45. The SMILES string of the molecule is CCOc1ccc(C2c3c(oc4ccc(Br)cc4c3=O)C(=O)N2c2ccc(OC)cc2)cc1OCC. The molecule has 0 fully saturated rings. The summed E-state index contributed by atoms with van der Waals surface area (Å²) in [5, 5.41) is 0.397. The molecular weight excluding hydrogens is 526 g/mol. The second kappa shape index (κ2) is 9.70. The summed E-state index contributed by atoms with van der Waals surface area (Å²) in [6.07, 6.45) is 0. The van der Waals surface area contributed by atoms with Crippen molar-refractivity contribution in [3.05, 3.63) is 92.2 Å². The van der Waals surface area contributed by atoms with Crippen molar-refractivity contribution in [1.29, 1.82) is 0 Å². The molecule has 8 heteroatoms. The van der Waals surface area contributed by atoms with E-state index in [1.165, 1.54) is 0 Å². The number of rotatable bonds is 7. The lowest BCUT2D eigenvalue weighted by molar-refractivity contribution is 0.0971. The molecule has 36 heavy (non-hydrogen) atoms. The number of nitrogens with zero attached hydrogens (tertiary/aromatic N) is 1. The number of anilines is 1. The number of benzene rings is 3. The van der Waals surface area contributed by atoms with E-state index >= 15 is 0 Å². The van der Waals surface area contributed by atoms with Gasteiger partial charge in [0.25, 0.3) is 5.91 Å². The molecule has 0 bridgehead atoms. The number of fused-ring (bicyclic) bond motifs is 2. The molecule has 0 spiro atoms. The van der Waals surface area contributed by atoms with Crippen LogP contribution in [0.4, 0.5) is 5.69 Å². The van der Waals surface area contributed by atoms with E-state index in [0.717, 1.165) is 4.47 Å². The van der Waals surface area contributed by atoms with Crippen LogP contribution in [-0.4, -0.2) is 26.2 Å². The Morgan fingerprint density at radius 1 is 0.917 bits per heavy atom. The largest absolute Gasteiger partial charge is 0.497 e. The standard InChI is InChI=1S/C28H24BrNO6/c1-4-34-22-12-6-16(14-23(22)35-5-2)25-24-26(31)20-15-17(29)7-13-21(20)36-27(24)28(32)30(25)18-8-10-19(33-3)11-9-18/h6-15,25H,4-5H2,1-3H3. The Morgan fingerprint density at radius 2 is 1.64 bits per heavy atom. The number of halogens is 1. The van der Waals surface area contributed by atoms with E-state index in [1.54, 1.807) is 60.5 Å². The Bertz CT molecular complexity index is 1510. The predicted molar refractivity (Wildman–Crippen MR) is 141 cm³/mol. The van der Waals surface area contributed by atoms with Crippen molar-refractivity contribution in [2.24, 2.45) is 0 Å². The molecule has 0 radical (unpaired) electrons. The van der Waals surface area contributed by atoms with Gasteiger partial charge in [0, 0.05) is 10.2 Å². The van der Waals surface area contributed by atoms with Gasteiger partial charge in [0.2, 0.25) is 5.76 Å². The van der Waals surface area contributed by atoms with Crippen LogP contribution in [0, 0.1) is 0 Å². The van der Waals surface area contributed by atoms with Gasteiger partial charge in [-0.15, -0.1) is 0 Å². The highest BCUT2D eigenvalue weighted by Gasteiger charge is 2.44. The molecule has 5 rings (SSSR count). The molecular formula is C28H24BrNO6. The lowest BCUT2D eigenvalue weighted by Crippen LogP contribution is -2.29. The highest BCUT2D eigenvalue weighted by atomic mass is 79.9. The van der Waals surface area contributed by atoms with Gasteiger partial charge in [-0.1, -0.05) is 22.0 Å². The highest BCUT2D eigenvalue weighted by Crippen LogP contribution is 2.43. The zero-order chi connectivity index (χ0) is 25.4. The molecule has 0 aliphatic carbocycles. The monoisotopic (exact) mass is 549 g/mol. The normalized spacial score (nSPS) is 14.7.